The summed E-state index contributed by atoms with van der Waals surface area (Å²) in [7, 11) is 1.88. The highest BCUT2D eigenvalue weighted by molar-refractivity contribution is 5.50. The summed E-state index contributed by atoms with van der Waals surface area (Å²) in [5.41, 5.74) is 1.79. The molecule has 0 saturated carbocycles. The fourth-order valence-corrected chi connectivity index (χ4v) is 1.15. The van der Waals surface area contributed by atoms with Crippen LogP contribution in [0.3, 0.4) is 0 Å². The van der Waals surface area contributed by atoms with E-state index in [4.69, 9.17) is 4.52 Å². The molecular formula is C9H11N3O. The van der Waals surface area contributed by atoms with E-state index >= 15 is 0 Å². The van der Waals surface area contributed by atoms with Gasteiger partial charge in [-0.05, 0) is 12.5 Å². The van der Waals surface area contributed by atoms with Crippen LogP contribution in [0.15, 0.2) is 22.9 Å². The second kappa shape index (κ2) is 3.05. The predicted molar refractivity (Wildman–Crippen MR) is 48.1 cm³/mol. The summed E-state index contributed by atoms with van der Waals surface area (Å²) in [5, 5.41) is 8.11. The van der Waals surface area contributed by atoms with Gasteiger partial charge in [0.05, 0.1) is 5.69 Å². The van der Waals surface area contributed by atoms with Crippen LogP contribution < -0.4 is 0 Å². The van der Waals surface area contributed by atoms with Crippen LogP contribution >= 0.6 is 0 Å². The standard InChI is InChI=1S/C9H11N3O/c1-3-7-6-9(13-11-7)8-4-5-12(2)10-8/h4-6H,3H2,1-2H3. The van der Waals surface area contributed by atoms with Gasteiger partial charge >= 0.3 is 0 Å². The topological polar surface area (TPSA) is 43.9 Å². The molecule has 2 heterocycles. The Balaban J connectivity index is 2.35. The minimum atomic E-state index is 0.734. The number of hydrogen-bond donors (Lipinski definition) is 0. The Morgan fingerprint density at radius 1 is 1.54 bits per heavy atom. The smallest absolute Gasteiger partial charge is 0.187 e. The molecule has 0 amide bonds. The summed E-state index contributed by atoms with van der Waals surface area (Å²) in [5.74, 6) is 0.734. The van der Waals surface area contributed by atoms with Crippen molar-refractivity contribution in [3.8, 4) is 11.5 Å². The van der Waals surface area contributed by atoms with Gasteiger partial charge in [0.1, 0.15) is 5.69 Å². The van der Waals surface area contributed by atoms with Crippen LogP contribution in [0, 0.1) is 0 Å². The third-order valence-electron chi connectivity index (χ3n) is 1.89. The number of rotatable bonds is 2. The quantitative estimate of drug-likeness (QED) is 0.700. The van der Waals surface area contributed by atoms with E-state index in [1.807, 2.05) is 32.3 Å². The Bertz CT molecular complexity index is 402. The Morgan fingerprint density at radius 3 is 2.92 bits per heavy atom. The molecule has 2 aromatic heterocycles. The Hall–Kier alpha value is -1.58. The van der Waals surface area contributed by atoms with Gasteiger partial charge in [0.25, 0.3) is 0 Å². The number of nitrogens with zero attached hydrogens (tertiary/aromatic N) is 3. The SMILES string of the molecule is CCc1cc(-c2ccn(C)n2)on1. The first-order valence-electron chi connectivity index (χ1n) is 4.25. The highest BCUT2D eigenvalue weighted by atomic mass is 16.5. The molecule has 0 aromatic carbocycles. The molecule has 4 heteroatoms. The summed E-state index contributed by atoms with van der Waals surface area (Å²) in [4.78, 5) is 0. The average molecular weight is 177 g/mol. The van der Waals surface area contributed by atoms with E-state index in [0.29, 0.717) is 0 Å². The van der Waals surface area contributed by atoms with Gasteiger partial charge in [-0.3, -0.25) is 4.68 Å². The van der Waals surface area contributed by atoms with Crippen LogP contribution in [0.25, 0.3) is 11.5 Å². The van der Waals surface area contributed by atoms with Crippen LogP contribution in [0.2, 0.25) is 0 Å². The third-order valence-corrected chi connectivity index (χ3v) is 1.89. The summed E-state index contributed by atoms with van der Waals surface area (Å²) >= 11 is 0. The number of aryl methyl sites for hydroxylation is 2. The summed E-state index contributed by atoms with van der Waals surface area (Å²) in [6, 6.07) is 3.82. The molecule has 0 fully saturated rings. The summed E-state index contributed by atoms with van der Waals surface area (Å²) < 4.78 is 6.87. The second-order valence-corrected chi connectivity index (χ2v) is 2.91. The second-order valence-electron chi connectivity index (χ2n) is 2.91. The van der Waals surface area contributed by atoms with Gasteiger partial charge in [0.15, 0.2) is 5.76 Å². The predicted octanol–water partition coefficient (Wildman–Crippen LogP) is 1.64. The average Bonchev–Trinajstić information content (AvgIpc) is 2.71. The van der Waals surface area contributed by atoms with Crippen molar-refractivity contribution in [2.75, 3.05) is 0 Å². The maximum absolute atomic E-state index is 5.13. The molecule has 0 unspecified atom stereocenters. The van der Waals surface area contributed by atoms with Crippen LogP contribution in [-0.2, 0) is 13.5 Å². The lowest BCUT2D eigenvalue weighted by atomic mass is 10.3. The molecule has 0 bridgehead atoms. The van der Waals surface area contributed by atoms with Gasteiger partial charge in [-0.25, -0.2) is 0 Å². The maximum Gasteiger partial charge on any atom is 0.187 e. The highest BCUT2D eigenvalue weighted by Gasteiger charge is 2.07. The van der Waals surface area contributed by atoms with Crippen molar-refractivity contribution in [1.29, 1.82) is 0 Å². The molecule has 0 aliphatic heterocycles. The van der Waals surface area contributed by atoms with E-state index in [-0.39, 0.29) is 0 Å². The molecule has 0 radical (unpaired) electrons. The molecule has 2 rings (SSSR count). The highest BCUT2D eigenvalue weighted by Crippen LogP contribution is 2.17. The van der Waals surface area contributed by atoms with Gasteiger partial charge in [0.2, 0.25) is 0 Å². The zero-order valence-corrected chi connectivity index (χ0v) is 7.69. The van der Waals surface area contributed by atoms with E-state index in [1.54, 1.807) is 4.68 Å². The van der Waals surface area contributed by atoms with Crippen LogP contribution in [0.5, 0.6) is 0 Å². The van der Waals surface area contributed by atoms with Gasteiger partial charge in [-0.1, -0.05) is 12.1 Å². The first-order valence-corrected chi connectivity index (χ1v) is 4.25. The van der Waals surface area contributed by atoms with Crippen molar-refractivity contribution < 1.29 is 4.52 Å². The Labute approximate surface area is 76.2 Å². The van der Waals surface area contributed by atoms with Crippen LogP contribution in [0.1, 0.15) is 12.6 Å². The Morgan fingerprint density at radius 2 is 2.38 bits per heavy atom. The van der Waals surface area contributed by atoms with Crippen molar-refractivity contribution in [1.82, 2.24) is 14.9 Å². The first kappa shape index (κ1) is 8.04. The fourth-order valence-electron chi connectivity index (χ4n) is 1.15. The van der Waals surface area contributed by atoms with E-state index in [0.717, 1.165) is 23.6 Å². The molecule has 13 heavy (non-hydrogen) atoms. The van der Waals surface area contributed by atoms with Gasteiger partial charge in [-0.15, -0.1) is 0 Å². The van der Waals surface area contributed by atoms with Gasteiger partial charge in [0, 0.05) is 19.3 Å². The largest absolute Gasteiger partial charge is 0.354 e. The molecule has 0 saturated heterocycles. The van der Waals surface area contributed by atoms with Gasteiger partial charge < -0.3 is 4.52 Å². The minimum Gasteiger partial charge on any atom is -0.354 e. The zero-order valence-electron chi connectivity index (χ0n) is 7.69. The van der Waals surface area contributed by atoms with Crippen molar-refractivity contribution in [2.24, 2.45) is 7.05 Å². The first-order chi connectivity index (χ1) is 6.29. The molecule has 0 aliphatic rings. The lowest BCUT2D eigenvalue weighted by Gasteiger charge is -1.85. The zero-order chi connectivity index (χ0) is 9.26. The van der Waals surface area contributed by atoms with E-state index in [9.17, 15) is 0 Å². The summed E-state index contributed by atoms with van der Waals surface area (Å²) in [6.45, 7) is 2.04. The monoisotopic (exact) mass is 177 g/mol. The fraction of sp³-hybridized carbons (Fsp3) is 0.333. The molecule has 0 N–H and O–H groups in total. The lowest BCUT2D eigenvalue weighted by Crippen LogP contribution is -1.86. The Kier molecular flexibility index (Phi) is 1.88. The van der Waals surface area contributed by atoms with Crippen molar-refractivity contribution in [3.63, 3.8) is 0 Å². The molecular weight excluding hydrogens is 166 g/mol. The molecule has 2 aromatic rings. The molecule has 4 nitrogen and oxygen atoms in total. The number of hydrogen-bond acceptors (Lipinski definition) is 3. The van der Waals surface area contributed by atoms with Gasteiger partial charge in [-0.2, -0.15) is 5.10 Å². The van der Waals surface area contributed by atoms with Crippen molar-refractivity contribution in [3.05, 3.63) is 24.0 Å². The molecule has 0 aliphatic carbocycles. The molecule has 68 valence electrons. The lowest BCUT2D eigenvalue weighted by molar-refractivity contribution is 0.423. The van der Waals surface area contributed by atoms with Crippen LogP contribution in [-0.4, -0.2) is 14.9 Å². The third kappa shape index (κ3) is 1.47. The number of aromatic nitrogens is 3. The maximum atomic E-state index is 5.13. The van der Waals surface area contributed by atoms with E-state index in [2.05, 4.69) is 10.3 Å². The van der Waals surface area contributed by atoms with Crippen LogP contribution in [0.4, 0.5) is 0 Å². The normalized spacial score (nSPS) is 10.6. The molecule has 0 spiro atoms. The minimum absolute atomic E-state index is 0.734. The molecule has 0 atom stereocenters. The summed E-state index contributed by atoms with van der Waals surface area (Å²) in [6.07, 6.45) is 2.76. The van der Waals surface area contributed by atoms with Crippen molar-refractivity contribution in [2.45, 2.75) is 13.3 Å². The van der Waals surface area contributed by atoms with Crippen molar-refractivity contribution >= 4 is 0 Å². The van der Waals surface area contributed by atoms with E-state index in [1.165, 1.54) is 0 Å². The van der Waals surface area contributed by atoms with E-state index < -0.39 is 0 Å².